The van der Waals surface area contributed by atoms with Crippen molar-refractivity contribution in [2.24, 2.45) is 0 Å². The molecule has 3 rings (SSSR count). The summed E-state index contributed by atoms with van der Waals surface area (Å²) in [7, 11) is -3.70. The van der Waals surface area contributed by atoms with Crippen molar-refractivity contribution in [2.45, 2.75) is 44.6 Å². The van der Waals surface area contributed by atoms with Gasteiger partial charge in [-0.25, -0.2) is 13.1 Å². The van der Waals surface area contributed by atoms with Crippen LogP contribution in [0.5, 0.6) is 0 Å². The summed E-state index contributed by atoms with van der Waals surface area (Å²) >= 11 is 0. The highest BCUT2D eigenvalue weighted by molar-refractivity contribution is 7.89. The van der Waals surface area contributed by atoms with E-state index < -0.39 is 15.9 Å². The Labute approximate surface area is 182 Å². The Morgan fingerprint density at radius 1 is 1.16 bits per heavy atom. The van der Waals surface area contributed by atoms with Crippen LogP contribution in [0, 0.1) is 6.92 Å². The van der Waals surface area contributed by atoms with Gasteiger partial charge in [0.25, 0.3) is 5.56 Å². The summed E-state index contributed by atoms with van der Waals surface area (Å²) in [6, 6.07) is 7.76. The SMILES string of the molecule is Cc1ccc(NC(=O)Cn2nc(C(C)(C)C)ccc2=O)cc1S(=O)(=O)N1CCOCC1. The number of sulfonamides is 1. The van der Waals surface area contributed by atoms with Crippen molar-refractivity contribution >= 4 is 21.6 Å². The lowest BCUT2D eigenvalue weighted by Crippen LogP contribution is -2.40. The number of carbonyl (C=O) groups excluding carboxylic acids is 1. The molecule has 31 heavy (non-hydrogen) atoms. The number of anilines is 1. The molecule has 1 fully saturated rings. The molecule has 2 heterocycles. The Balaban J connectivity index is 1.80. The highest BCUT2D eigenvalue weighted by atomic mass is 32.2. The van der Waals surface area contributed by atoms with Gasteiger partial charge in [-0.15, -0.1) is 0 Å². The Morgan fingerprint density at radius 2 is 1.84 bits per heavy atom. The van der Waals surface area contributed by atoms with Gasteiger partial charge in [-0.2, -0.15) is 9.40 Å². The predicted octanol–water partition coefficient (Wildman–Crippen LogP) is 1.51. The maximum absolute atomic E-state index is 13.0. The lowest BCUT2D eigenvalue weighted by atomic mass is 9.92. The minimum Gasteiger partial charge on any atom is -0.379 e. The van der Waals surface area contributed by atoms with Gasteiger partial charge in [-0.1, -0.05) is 26.8 Å². The van der Waals surface area contributed by atoms with Gasteiger partial charge in [0.1, 0.15) is 6.54 Å². The van der Waals surface area contributed by atoms with E-state index in [9.17, 15) is 18.0 Å². The number of nitrogens with one attached hydrogen (secondary N) is 1. The molecule has 1 amide bonds. The van der Waals surface area contributed by atoms with Gasteiger partial charge in [0, 0.05) is 30.3 Å². The summed E-state index contributed by atoms with van der Waals surface area (Å²) in [4.78, 5) is 24.8. The van der Waals surface area contributed by atoms with Crippen molar-refractivity contribution in [3.63, 3.8) is 0 Å². The van der Waals surface area contributed by atoms with Crippen LogP contribution in [0.15, 0.2) is 40.0 Å². The van der Waals surface area contributed by atoms with Gasteiger partial charge in [-0.3, -0.25) is 9.59 Å². The summed E-state index contributed by atoms with van der Waals surface area (Å²) in [5.74, 6) is -0.473. The van der Waals surface area contributed by atoms with E-state index in [-0.39, 0.29) is 35.5 Å². The first kappa shape index (κ1) is 23.1. The van der Waals surface area contributed by atoms with Crippen molar-refractivity contribution in [2.75, 3.05) is 31.6 Å². The molecule has 168 valence electrons. The first-order chi connectivity index (χ1) is 14.5. The molecule has 0 atom stereocenters. The molecule has 1 aromatic heterocycles. The standard InChI is InChI=1S/C21H28N4O5S/c1-15-5-6-16(13-17(15)31(28,29)24-9-11-30-12-10-24)22-19(26)14-25-20(27)8-7-18(23-25)21(2,3)4/h5-8,13H,9-12,14H2,1-4H3,(H,22,26). The number of hydrogen-bond donors (Lipinski definition) is 1. The average molecular weight is 449 g/mol. The number of benzene rings is 1. The Morgan fingerprint density at radius 3 is 2.48 bits per heavy atom. The minimum atomic E-state index is -3.70. The van der Waals surface area contributed by atoms with Crippen LogP contribution < -0.4 is 10.9 Å². The molecule has 10 heteroatoms. The summed E-state index contributed by atoms with van der Waals surface area (Å²) in [6.45, 7) is 8.61. The highest BCUT2D eigenvalue weighted by Crippen LogP contribution is 2.24. The molecule has 9 nitrogen and oxygen atoms in total. The lowest BCUT2D eigenvalue weighted by molar-refractivity contribution is -0.117. The number of hydrogen-bond acceptors (Lipinski definition) is 6. The molecule has 2 aromatic rings. The van der Waals surface area contributed by atoms with Crippen LogP contribution in [-0.4, -0.2) is 54.7 Å². The maximum Gasteiger partial charge on any atom is 0.267 e. The number of aromatic nitrogens is 2. The van der Waals surface area contributed by atoms with Crippen LogP contribution in [0.1, 0.15) is 32.0 Å². The molecule has 0 saturated carbocycles. The zero-order chi connectivity index (χ0) is 22.8. The summed E-state index contributed by atoms with van der Waals surface area (Å²) < 4.78 is 33.8. The summed E-state index contributed by atoms with van der Waals surface area (Å²) in [6.07, 6.45) is 0. The number of aryl methyl sites for hydroxylation is 1. The normalized spacial score (nSPS) is 15.6. The second kappa shape index (κ2) is 8.89. The average Bonchev–Trinajstić information content (AvgIpc) is 2.70. The number of nitrogens with zero attached hydrogens (tertiary/aromatic N) is 3. The summed E-state index contributed by atoms with van der Waals surface area (Å²) in [5, 5.41) is 6.96. The summed E-state index contributed by atoms with van der Waals surface area (Å²) in [5.41, 5.74) is 0.950. The van der Waals surface area contributed by atoms with Gasteiger partial charge in [0.05, 0.1) is 23.8 Å². The second-order valence-corrected chi connectivity index (χ2v) is 10.4. The first-order valence-electron chi connectivity index (χ1n) is 10.1. The Kier molecular flexibility index (Phi) is 6.63. The van der Waals surface area contributed by atoms with Crippen LogP contribution in [0.2, 0.25) is 0 Å². The molecular formula is C21H28N4O5S. The van der Waals surface area contributed by atoms with E-state index >= 15 is 0 Å². The topological polar surface area (TPSA) is 111 Å². The second-order valence-electron chi connectivity index (χ2n) is 8.51. The lowest BCUT2D eigenvalue weighted by Gasteiger charge is -2.26. The van der Waals surface area contributed by atoms with E-state index in [0.717, 1.165) is 4.68 Å². The molecule has 1 N–H and O–H groups in total. The Hall–Kier alpha value is -2.56. The van der Waals surface area contributed by atoms with Crippen molar-refractivity contribution in [3.05, 3.63) is 51.9 Å². The van der Waals surface area contributed by atoms with E-state index in [4.69, 9.17) is 4.74 Å². The van der Waals surface area contributed by atoms with Crippen LogP contribution in [0.3, 0.4) is 0 Å². The molecule has 1 aromatic carbocycles. The fourth-order valence-electron chi connectivity index (χ4n) is 3.18. The third-order valence-electron chi connectivity index (χ3n) is 4.99. The number of amides is 1. The van der Waals surface area contributed by atoms with Crippen molar-refractivity contribution in [1.29, 1.82) is 0 Å². The van der Waals surface area contributed by atoms with E-state index in [2.05, 4.69) is 10.4 Å². The molecule has 1 aliphatic rings. The maximum atomic E-state index is 13.0. The van der Waals surface area contributed by atoms with Crippen molar-refractivity contribution < 1.29 is 17.9 Å². The zero-order valence-electron chi connectivity index (χ0n) is 18.2. The van der Waals surface area contributed by atoms with Gasteiger partial charge < -0.3 is 10.1 Å². The van der Waals surface area contributed by atoms with E-state index in [1.165, 1.54) is 16.4 Å². The van der Waals surface area contributed by atoms with Gasteiger partial charge >= 0.3 is 0 Å². The van der Waals surface area contributed by atoms with E-state index in [1.807, 2.05) is 20.8 Å². The largest absolute Gasteiger partial charge is 0.379 e. The molecule has 1 saturated heterocycles. The predicted molar refractivity (Wildman–Crippen MR) is 117 cm³/mol. The molecular weight excluding hydrogens is 420 g/mol. The molecule has 0 aliphatic carbocycles. The van der Waals surface area contributed by atoms with Gasteiger partial charge in [0.15, 0.2) is 0 Å². The molecule has 0 radical (unpaired) electrons. The molecule has 0 unspecified atom stereocenters. The smallest absolute Gasteiger partial charge is 0.267 e. The van der Waals surface area contributed by atoms with Crippen LogP contribution >= 0.6 is 0 Å². The third-order valence-corrected chi connectivity index (χ3v) is 7.03. The van der Waals surface area contributed by atoms with Crippen LogP contribution in [0.4, 0.5) is 5.69 Å². The minimum absolute atomic E-state index is 0.136. The van der Waals surface area contributed by atoms with Gasteiger partial charge in [0.2, 0.25) is 15.9 Å². The first-order valence-corrected chi connectivity index (χ1v) is 11.5. The van der Waals surface area contributed by atoms with Crippen molar-refractivity contribution in [3.8, 4) is 0 Å². The Bertz CT molecular complexity index is 1130. The third kappa shape index (κ3) is 5.38. The van der Waals surface area contributed by atoms with E-state index in [0.29, 0.717) is 30.2 Å². The van der Waals surface area contributed by atoms with Crippen molar-refractivity contribution in [1.82, 2.24) is 14.1 Å². The van der Waals surface area contributed by atoms with E-state index in [1.54, 1.807) is 25.1 Å². The number of carbonyl (C=O) groups is 1. The molecule has 1 aliphatic heterocycles. The van der Waals surface area contributed by atoms with Crippen LogP contribution in [0.25, 0.3) is 0 Å². The number of morpholine rings is 1. The number of rotatable bonds is 5. The van der Waals surface area contributed by atoms with Gasteiger partial charge in [-0.05, 0) is 30.7 Å². The highest BCUT2D eigenvalue weighted by Gasteiger charge is 2.28. The fraction of sp³-hybridized carbons (Fsp3) is 0.476. The molecule has 0 spiro atoms. The monoisotopic (exact) mass is 448 g/mol. The van der Waals surface area contributed by atoms with Crippen LogP contribution in [-0.2, 0) is 31.5 Å². The molecule has 0 bridgehead atoms. The quantitative estimate of drug-likeness (QED) is 0.742. The number of ether oxygens (including phenoxy) is 1. The zero-order valence-corrected chi connectivity index (χ0v) is 19.0. The fourth-order valence-corrected chi connectivity index (χ4v) is 4.84.